The number of aliphatic hydroxyl groups excluding tert-OH is 1. The number of aromatic nitrogens is 1. The second kappa shape index (κ2) is 7.24. The van der Waals surface area contributed by atoms with Crippen molar-refractivity contribution in [3.8, 4) is 11.8 Å². The molecule has 112 valence electrons. The first-order valence-corrected chi connectivity index (χ1v) is 7.53. The summed E-state index contributed by atoms with van der Waals surface area (Å²) in [6.45, 7) is 2.75. The maximum atomic E-state index is 12.1. The zero-order valence-electron chi connectivity index (χ0n) is 12.5. The zero-order valence-corrected chi connectivity index (χ0v) is 12.5. The van der Waals surface area contributed by atoms with Crippen molar-refractivity contribution >= 4 is 5.91 Å². The number of nitrogens with zero attached hydrogens (tertiary/aromatic N) is 1. The molecule has 0 aliphatic heterocycles. The van der Waals surface area contributed by atoms with Crippen LogP contribution in [0.5, 0.6) is 0 Å². The standard InChI is InChI=1S/C17H22N2O2/c1-2-17(9-3-4-10-17)13-19-16(21)15-8-7-14(12-18-15)6-5-11-20/h7-8,12,20H,2-4,9-11,13H2,1H3,(H,19,21). The highest BCUT2D eigenvalue weighted by Crippen LogP contribution is 2.40. The fourth-order valence-electron chi connectivity index (χ4n) is 2.88. The molecule has 1 fully saturated rings. The normalized spacial score (nSPS) is 16.1. The van der Waals surface area contributed by atoms with Gasteiger partial charge < -0.3 is 10.4 Å². The Bertz CT molecular complexity index is 534. The molecule has 2 N–H and O–H groups in total. The predicted octanol–water partition coefficient (Wildman–Crippen LogP) is 2.13. The van der Waals surface area contributed by atoms with Crippen LogP contribution in [-0.2, 0) is 0 Å². The first-order chi connectivity index (χ1) is 10.2. The van der Waals surface area contributed by atoms with E-state index in [1.807, 2.05) is 0 Å². The molecule has 1 aliphatic carbocycles. The molecule has 0 bridgehead atoms. The molecule has 2 rings (SSSR count). The van der Waals surface area contributed by atoms with Gasteiger partial charge in [0.1, 0.15) is 12.3 Å². The third kappa shape index (κ3) is 4.05. The molecule has 1 saturated carbocycles. The molecule has 0 saturated heterocycles. The molecule has 1 amide bonds. The minimum absolute atomic E-state index is 0.128. The number of nitrogens with one attached hydrogen (secondary N) is 1. The molecule has 1 aromatic heterocycles. The number of hydrogen-bond acceptors (Lipinski definition) is 3. The summed E-state index contributed by atoms with van der Waals surface area (Å²) in [6, 6.07) is 3.42. The van der Waals surface area contributed by atoms with Gasteiger partial charge in [0.25, 0.3) is 5.91 Å². The fourth-order valence-corrected chi connectivity index (χ4v) is 2.88. The van der Waals surface area contributed by atoms with E-state index in [0.29, 0.717) is 11.3 Å². The van der Waals surface area contributed by atoms with Gasteiger partial charge in [-0.05, 0) is 36.8 Å². The van der Waals surface area contributed by atoms with Gasteiger partial charge in [-0.2, -0.15) is 0 Å². The average Bonchev–Trinajstić information content (AvgIpc) is 3.00. The molecule has 4 heteroatoms. The highest BCUT2D eigenvalue weighted by Gasteiger charge is 2.32. The van der Waals surface area contributed by atoms with E-state index < -0.39 is 0 Å². The van der Waals surface area contributed by atoms with E-state index in [2.05, 4.69) is 29.1 Å². The minimum atomic E-state index is -0.179. The van der Waals surface area contributed by atoms with Crippen LogP contribution in [0, 0.1) is 17.3 Å². The van der Waals surface area contributed by atoms with Gasteiger partial charge in [0.2, 0.25) is 0 Å². The maximum absolute atomic E-state index is 12.1. The Morgan fingerprint density at radius 1 is 1.43 bits per heavy atom. The number of rotatable bonds is 4. The van der Waals surface area contributed by atoms with Gasteiger partial charge in [-0.1, -0.05) is 31.6 Å². The summed E-state index contributed by atoms with van der Waals surface area (Å²) in [4.78, 5) is 16.3. The van der Waals surface area contributed by atoms with Gasteiger partial charge in [-0.15, -0.1) is 0 Å². The molecule has 0 radical (unpaired) electrons. The van der Waals surface area contributed by atoms with Crippen LogP contribution in [0.4, 0.5) is 0 Å². The van der Waals surface area contributed by atoms with Crippen LogP contribution >= 0.6 is 0 Å². The SMILES string of the molecule is CCC1(CNC(=O)c2ccc(C#CCO)cn2)CCCC1. The molecule has 0 atom stereocenters. The van der Waals surface area contributed by atoms with E-state index >= 15 is 0 Å². The van der Waals surface area contributed by atoms with Crippen molar-refractivity contribution in [1.82, 2.24) is 10.3 Å². The summed E-state index contributed by atoms with van der Waals surface area (Å²) in [5.74, 6) is 5.18. The largest absolute Gasteiger partial charge is 0.384 e. The number of aliphatic hydroxyl groups is 1. The minimum Gasteiger partial charge on any atom is -0.384 e. The van der Waals surface area contributed by atoms with E-state index in [-0.39, 0.29) is 17.9 Å². The van der Waals surface area contributed by atoms with Crippen LogP contribution in [0.3, 0.4) is 0 Å². The fraction of sp³-hybridized carbons (Fsp3) is 0.529. The number of amides is 1. The highest BCUT2D eigenvalue weighted by atomic mass is 16.2. The summed E-state index contributed by atoms with van der Waals surface area (Å²) in [7, 11) is 0. The number of carbonyl (C=O) groups is 1. The Balaban J connectivity index is 1.94. The van der Waals surface area contributed by atoms with E-state index in [4.69, 9.17) is 5.11 Å². The number of pyridine rings is 1. The summed E-state index contributed by atoms with van der Waals surface area (Å²) in [5, 5.41) is 11.7. The smallest absolute Gasteiger partial charge is 0.269 e. The van der Waals surface area contributed by atoms with Crippen molar-refractivity contribution in [2.45, 2.75) is 39.0 Å². The quantitative estimate of drug-likeness (QED) is 0.833. The van der Waals surface area contributed by atoms with Gasteiger partial charge in [0.05, 0.1) is 0 Å². The average molecular weight is 286 g/mol. The van der Waals surface area contributed by atoms with Crippen LogP contribution < -0.4 is 5.32 Å². The first kappa shape index (κ1) is 15.5. The second-order valence-electron chi connectivity index (χ2n) is 5.64. The van der Waals surface area contributed by atoms with Gasteiger partial charge in [0.15, 0.2) is 0 Å². The van der Waals surface area contributed by atoms with E-state index in [0.717, 1.165) is 13.0 Å². The van der Waals surface area contributed by atoms with Crippen molar-refractivity contribution in [3.05, 3.63) is 29.6 Å². The Hall–Kier alpha value is -1.86. The molecule has 1 aliphatic rings. The Labute approximate surface area is 126 Å². The third-order valence-electron chi connectivity index (χ3n) is 4.35. The summed E-state index contributed by atoms with van der Waals surface area (Å²) >= 11 is 0. The molecule has 1 aromatic rings. The van der Waals surface area contributed by atoms with Gasteiger partial charge in [-0.3, -0.25) is 4.79 Å². The van der Waals surface area contributed by atoms with E-state index in [9.17, 15) is 4.79 Å². The summed E-state index contributed by atoms with van der Waals surface area (Å²) in [6.07, 6.45) is 7.60. The lowest BCUT2D eigenvalue weighted by Crippen LogP contribution is -2.35. The Kier molecular flexibility index (Phi) is 5.35. The van der Waals surface area contributed by atoms with Crippen molar-refractivity contribution in [2.24, 2.45) is 5.41 Å². The molecular weight excluding hydrogens is 264 g/mol. The van der Waals surface area contributed by atoms with Crippen LogP contribution in [-0.4, -0.2) is 29.1 Å². The number of carbonyl (C=O) groups excluding carboxylic acids is 1. The molecular formula is C17H22N2O2. The van der Waals surface area contributed by atoms with Crippen LogP contribution in [0.25, 0.3) is 0 Å². The Morgan fingerprint density at radius 2 is 2.19 bits per heavy atom. The lowest BCUT2D eigenvalue weighted by molar-refractivity contribution is 0.0923. The molecule has 4 nitrogen and oxygen atoms in total. The third-order valence-corrected chi connectivity index (χ3v) is 4.35. The van der Waals surface area contributed by atoms with E-state index in [1.54, 1.807) is 18.3 Å². The molecule has 0 spiro atoms. The van der Waals surface area contributed by atoms with Gasteiger partial charge in [0, 0.05) is 18.3 Å². The molecule has 0 aromatic carbocycles. The van der Waals surface area contributed by atoms with Crippen LogP contribution in [0.1, 0.15) is 55.1 Å². The van der Waals surface area contributed by atoms with Crippen molar-refractivity contribution in [3.63, 3.8) is 0 Å². The first-order valence-electron chi connectivity index (χ1n) is 7.53. The zero-order chi connectivity index (χ0) is 15.1. The monoisotopic (exact) mass is 286 g/mol. The van der Waals surface area contributed by atoms with Crippen LogP contribution in [0.15, 0.2) is 18.3 Å². The van der Waals surface area contributed by atoms with Gasteiger partial charge in [-0.25, -0.2) is 4.98 Å². The maximum Gasteiger partial charge on any atom is 0.269 e. The molecule has 0 unspecified atom stereocenters. The lowest BCUT2D eigenvalue weighted by atomic mass is 9.83. The highest BCUT2D eigenvalue weighted by molar-refractivity contribution is 5.92. The lowest BCUT2D eigenvalue weighted by Gasteiger charge is -2.27. The number of hydrogen-bond donors (Lipinski definition) is 2. The van der Waals surface area contributed by atoms with Crippen molar-refractivity contribution in [2.75, 3.05) is 13.2 Å². The molecule has 21 heavy (non-hydrogen) atoms. The van der Waals surface area contributed by atoms with E-state index in [1.165, 1.54) is 25.7 Å². The van der Waals surface area contributed by atoms with Crippen molar-refractivity contribution in [1.29, 1.82) is 0 Å². The van der Waals surface area contributed by atoms with Crippen LogP contribution in [0.2, 0.25) is 0 Å². The summed E-state index contributed by atoms with van der Waals surface area (Å²) in [5.41, 5.74) is 1.39. The predicted molar refractivity (Wildman–Crippen MR) is 81.7 cm³/mol. The topological polar surface area (TPSA) is 62.2 Å². The summed E-state index contributed by atoms with van der Waals surface area (Å²) < 4.78 is 0. The Morgan fingerprint density at radius 3 is 2.76 bits per heavy atom. The van der Waals surface area contributed by atoms with Gasteiger partial charge >= 0.3 is 0 Å². The second-order valence-corrected chi connectivity index (χ2v) is 5.64. The van der Waals surface area contributed by atoms with Crippen molar-refractivity contribution < 1.29 is 9.90 Å². The molecule has 1 heterocycles.